The largest absolute Gasteiger partial charge is 0.497 e. The van der Waals surface area contributed by atoms with Crippen LogP contribution >= 0.6 is 0 Å². The molecule has 1 aliphatic carbocycles. The molecule has 0 spiro atoms. The third-order valence-corrected chi connectivity index (χ3v) is 5.37. The number of ether oxygens (including phenoxy) is 3. The van der Waals surface area contributed by atoms with Crippen LogP contribution < -0.4 is 9.47 Å². The van der Waals surface area contributed by atoms with Gasteiger partial charge in [0.1, 0.15) is 17.6 Å². The Balaban J connectivity index is 1.95. The molecule has 5 atom stereocenters. The van der Waals surface area contributed by atoms with Gasteiger partial charge in [0.15, 0.2) is 0 Å². The first-order chi connectivity index (χ1) is 11.4. The van der Waals surface area contributed by atoms with E-state index in [1.54, 1.807) is 14.2 Å². The number of allylic oxidation sites excluding steroid dienone is 1. The summed E-state index contributed by atoms with van der Waals surface area (Å²) < 4.78 is 17.0. The highest BCUT2D eigenvalue weighted by Crippen LogP contribution is 2.48. The van der Waals surface area contributed by atoms with Gasteiger partial charge in [0.05, 0.1) is 32.0 Å². The Bertz CT molecular complexity index is 637. The van der Waals surface area contributed by atoms with Crippen LogP contribution in [-0.4, -0.2) is 42.2 Å². The second-order valence-corrected chi connectivity index (χ2v) is 6.99. The van der Waals surface area contributed by atoms with Crippen molar-refractivity contribution >= 4 is 0 Å². The second kappa shape index (κ2) is 6.39. The minimum absolute atomic E-state index is 0.114. The third kappa shape index (κ3) is 2.92. The molecule has 1 heterocycles. The molecular formula is C19H26O5. The molecule has 1 aromatic rings. The summed E-state index contributed by atoms with van der Waals surface area (Å²) in [5.41, 5.74) is 0.835. The fourth-order valence-electron chi connectivity index (χ4n) is 3.86. The van der Waals surface area contributed by atoms with Gasteiger partial charge in [-0.1, -0.05) is 6.08 Å². The van der Waals surface area contributed by atoms with Crippen LogP contribution in [0.1, 0.15) is 38.4 Å². The van der Waals surface area contributed by atoms with Crippen LogP contribution in [0, 0.1) is 5.92 Å². The lowest BCUT2D eigenvalue weighted by Crippen LogP contribution is -2.55. The molecule has 132 valence electrons. The van der Waals surface area contributed by atoms with Crippen molar-refractivity contribution in [2.24, 2.45) is 5.92 Å². The first-order valence-electron chi connectivity index (χ1n) is 8.32. The molecule has 0 aromatic heterocycles. The van der Waals surface area contributed by atoms with E-state index in [4.69, 9.17) is 14.2 Å². The maximum Gasteiger partial charge on any atom is 0.128 e. The molecule has 1 aromatic carbocycles. The molecular weight excluding hydrogens is 308 g/mol. The van der Waals surface area contributed by atoms with E-state index >= 15 is 0 Å². The lowest BCUT2D eigenvalue weighted by molar-refractivity contribution is -0.206. The summed E-state index contributed by atoms with van der Waals surface area (Å²) in [6, 6.07) is 5.56. The van der Waals surface area contributed by atoms with Gasteiger partial charge in [0, 0.05) is 24.0 Å². The van der Waals surface area contributed by atoms with Crippen molar-refractivity contribution in [3.05, 3.63) is 35.4 Å². The molecule has 1 saturated heterocycles. The van der Waals surface area contributed by atoms with Gasteiger partial charge in [-0.3, -0.25) is 0 Å². The predicted molar refractivity (Wildman–Crippen MR) is 90.3 cm³/mol. The summed E-state index contributed by atoms with van der Waals surface area (Å²) in [7, 11) is 3.21. The van der Waals surface area contributed by atoms with Crippen molar-refractivity contribution in [2.75, 3.05) is 14.2 Å². The highest BCUT2D eigenvalue weighted by Gasteiger charge is 2.50. The molecule has 3 rings (SSSR count). The molecule has 2 unspecified atom stereocenters. The van der Waals surface area contributed by atoms with E-state index in [0.29, 0.717) is 24.3 Å². The first kappa shape index (κ1) is 17.3. The quantitative estimate of drug-likeness (QED) is 0.832. The highest BCUT2D eigenvalue weighted by atomic mass is 16.5. The Morgan fingerprint density at radius 1 is 1.25 bits per heavy atom. The zero-order chi connectivity index (χ0) is 17.5. The molecule has 2 aliphatic rings. The SMILES string of the molecule is COc1ccc(C2CC(C)(O)[C@@H]3CC=C(C)[C@@H](O)[C@@H]3O2)c(OC)c1. The van der Waals surface area contributed by atoms with Crippen LogP contribution in [0.4, 0.5) is 0 Å². The smallest absolute Gasteiger partial charge is 0.128 e. The molecule has 0 saturated carbocycles. The van der Waals surface area contributed by atoms with Gasteiger partial charge in [0.2, 0.25) is 0 Å². The number of rotatable bonds is 3. The Hall–Kier alpha value is -1.56. The molecule has 24 heavy (non-hydrogen) atoms. The van der Waals surface area contributed by atoms with Crippen molar-refractivity contribution in [3.8, 4) is 11.5 Å². The molecule has 5 heteroatoms. The van der Waals surface area contributed by atoms with E-state index in [-0.39, 0.29) is 12.0 Å². The van der Waals surface area contributed by atoms with Gasteiger partial charge in [-0.25, -0.2) is 0 Å². The zero-order valence-corrected chi connectivity index (χ0v) is 14.7. The fourth-order valence-corrected chi connectivity index (χ4v) is 3.86. The van der Waals surface area contributed by atoms with E-state index in [1.165, 1.54) is 0 Å². The Morgan fingerprint density at radius 3 is 2.67 bits per heavy atom. The number of hydrogen-bond acceptors (Lipinski definition) is 5. The molecule has 2 N–H and O–H groups in total. The summed E-state index contributed by atoms with van der Waals surface area (Å²) in [4.78, 5) is 0. The lowest BCUT2D eigenvalue weighted by Gasteiger charge is -2.49. The van der Waals surface area contributed by atoms with Gasteiger partial charge in [0.25, 0.3) is 0 Å². The van der Waals surface area contributed by atoms with Crippen LogP contribution in [0.15, 0.2) is 29.8 Å². The van der Waals surface area contributed by atoms with Crippen LogP contribution in [0.25, 0.3) is 0 Å². The number of benzene rings is 1. The van der Waals surface area contributed by atoms with Crippen LogP contribution in [0.3, 0.4) is 0 Å². The molecule has 0 amide bonds. The summed E-state index contributed by atoms with van der Waals surface area (Å²) in [6.45, 7) is 3.73. The Labute approximate surface area is 142 Å². The number of methoxy groups -OCH3 is 2. The van der Waals surface area contributed by atoms with Gasteiger partial charge in [-0.15, -0.1) is 0 Å². The van der Waals surface area contributed by atoms with Crippen LogP contribution in [-0.2, 0) is 4.74 Å². The van der Waals surface area contributed by atoms with E-state index in [0.717, 1.165) is 11.1 Å². The van der Waals surface area contributed by atoms with Crippen LogP contribution in [0.5, 0.6) is 11.5 Å². The fraction of sp³-hybridized carbons (Fsp3) is 0.579. The average molecular weight is 334 g/mol. The van der Waals surface area contributed by atoms with Crippen molar-refractivity contribution in [3.63, 3.8) is 0 Å². The number of aliphatic hydroxyl groups excluding tert-OH is 1. The summed E-state index contributed by atoms with van der Waals surface area (Å²) >= 11 is 0. The molecule has 1 aliphatic heterocycles. The standard InChI is InChI=1S/C19H26O5/c1-11-5-8-14-18(17(11)20)24-16(10-19(14,2)21)13-7-6-12(22-3)9-15(13)23-4/h5-7,9,14,16-18,20-21H,8,10H2,1-4H3/t14-,16?,17-,18-,19?/m1/s1. The lowest BCUT2D eigenvalue weighted by atomic mass is 9.70. The number of fused-ring (bicyclic) bond motifs is 1. The monoisotopic (exact) mass is 334 g/mol. The van der Waals surface area contributed by atoms with Crippen molar-refractivity contribution in [2.45, 2.75) is 50.6 Å². The molecule has 0 bridgehead atoms. The van der Waals surface area contributed by atoms with Crippen LogP contribution in [0.2, 0.25) is 0 Å². The van der Waals surface area contributed by atoms with Crippen molar-refractivity contribution < 1.29 is 24.4 Å². The topological polar surface area (TPSA) is 68.2 Å². The van der Waals surface area contributed by atoms with E-state index in [2.05, 4.69) is 0 Å². The molecule has 1 fully saturated rings. The first-order valence-corrected chi connectivity index (χ1v) is 8.32. The van der Waals surface area contributed by atoms with Crippen molar-refractivity contribution in [1.29, 1.82) is 0 Å². The highest BCUT2D eigenvalue weighted by molar-refractivity contribution is 5.42. The summed E-state index contributed by atoms with van der Waals surface area (Å²) in [6.07, 6.45) is 1.71. The normalized spacial score (nSPS) is 35.8. The summed E-state index contributed by atoms with van der Waals surface area (Å²) in [5.74, 6) is 1.25. The van der Waals surface area contributed by atoms with Gasteiger partial charge in [-0.05, 0) is 38.0 Å². The van der Waals surface area contributed by atoms with E-state index < -0.39 is 17.8 Å². The minimum Gasteiger partial charge on any atom is -0.497 e. The van der Waals surface area contributed by atoms with E-state index in [1.807, 2.05) is 38.1 Å². The average Bonchev–Trinajstić information content (AvgIpc) is 2.57. The third-order valence-electron chi connectivity index (χ3n) is 5.37. The van der Waals surface area contributed by atoms with Gasteiger partial charge in [-0.2, -0.15) is 0 Å². The minimum atomic E-state index is -0.920. The van der Waals surface area contributed by atoms with Crippen molar-refractivity contribution in [1.82, 2.24) is 0 Å². The van der Waals surface area contributed by atoms with Gasteiger partial charge >= 0.3 is 0 Å². The summed E-state index contributed by atoms with van der Waals surface area (Å²) in [5, 5.41) is 21.5. The number of hydrogen-bond donors (Lipinski definition) is 2. The second-order valence-electron chi connectivity index (χ2n) is 6.99. The Morgan fingerprint density at radius 2 is 2.00 bits per heavy atom. The maximum absolute atomic E-state index is 11.0. The zero-order valence-electron chi connectivity index (χ0n) is 14.7. The predicted octanol–water partition coefficient (Wildman–Crippen LogP) is 2.61. The van der Waals surface area contributed by atoms with Gasteiger partial charge < -0.3 is 24.4 Å². The molecule has 5 nitrogen and oxygen atoms in total. The maximum atomic E-state index is 11.0. The molecule has 0 radical (unpaired) electrons. The number of aliphatic hydroxyl groups is 2. The van der Waals surface area contributed by atoms with E-state index in [9.17, 15) is 10.2 Å². The Kier molecular flexibility index (Phi) is 4.60.